The molecule has 1 aromatic heterocycles. The first-order valence-electron chi connectivity index (χ1n) is 8.30. The van der Waals surface area contributed by atoms with E-state index in [0.717, 1.165) is 6.07 Å². The summed E-state index contributed by atoms with van der Waals surface area (Å²) in [7, 11) is 0. The van der Waals surface area contributed by atoms with Gasteiger partial charge in [0.1, 0.15) is 6.04 Å². The lowest BCUT2D eigenvalue weighted by Crippen LogP contribution is -2.50. The number of aromatic nitrogens is 1. The average Bonchev–Trinajstić information content (AvgIpc) is 3.41. The summed E-state index contributed by atoms with van der Waals surface area (Å²) < 4.78 is 79.1. The Hall–Kier alpha value is -2.20. The number of hydrogen-bond acceptors (Lipinski definition) is 3. The molecule has 0 aliphatic heterocycles. The third kappa shape index (κ3) is 8.83. The van der Waals surface area contributed by atoms with E-state index in [0.29, 0.717) is 18.4 Å². The highest BCUT2D eigenvalue weighted by Gasteiger charge is 2.49. The summed E-state index contributed by atoms with van der Waals surface area (Å²) in [6.45, 7) is 2.29. The monoisotopic (exact) mass is 401 g/mol. The van der Waals surface area contributed by atoms with E-state index < -0.39 is 37.0 Å². The quantitative estimate of drug-likeness (QED) is 0.703. The third-order valence-electron chi connectivity index (χ3n) is 3.37. The highest BCUT2D eigenvalue weighted by molar-refractivity contribution is 5.74. The van der Waals surface area contributed by atoms with Crippen LogP contribution < -0.4 is 15.4 Å². The van der Waals surface area contributed by atoms with Crippen molar-refractivity contribution in [3.63, 3.8) is 0 Å². The first kappa shape index (κ1) is 22.8. The molecule has 0 radical (unpaired) electrons. The number of nitrogens with one attached hydrogen (secondary N) is 2. The summed E-state index contributed by atoms with van der Waals surface area (Å²) in [6.07, 6.45) is -7.09. The van der Waals surface area contributed by atoms with Crippen LogP contribution in [0.15, 0.2) is 18.3 Å². The fraction of sp³-hybridized carbons (Fsp3) is 0.625. The molecule has 1 fully saturated rings. The van der Waals surface area contributed by atoms with Crippen LogP contribution in [0.25, 0.3) is 0 Å². The van der Waals surface area contributed by atoms with Gasteiger partial charge in [0.05, 0.1) is 0 Å². The van der Waals surface area contributed by atoms with Gasteiger partial charge in [0.2, 0.25) is 5.88 Å². The van der Waals surface area contributed by atoms with Gasteiger partial charge in [0.15, 0.2) is 6.61 Å². The van der Waals surface area contributed by atoms with Crippen LogP contribution in [0.2, 0.25) is 0 Å². The molecule has 2 rings (SSSR count). The lowest BCUT2D eigenvalue weighted by atomic mass is 10.2. The summed E-state index contributed by atoms with van der Waals surface area (Å²) >= 11 is 0. The van der Waals surface area contributed by atoms with Gasteiger partial charge in [-0.25, -0.2) is 9.78 Å². The molecule has 154 valence electrons. The molecule has 0 spiro atoms. The molecule has 1 aliphatic rings. The normalized spacial score (nSPS) is 15.3. The van der Waals surface area contributed by atoms with Gasteiger partial charge in [-0.2, -0.15) is 26.3 Å². The molecule has 0 bridgehead atoms. The number of nitrogens with zero attached hydrogens (tertiary/aromatic N) is 1. The molecular weight excluding hydrogens is 380 g/mol. The maximum absolute atomic E-state index is 12.8. The molecule has 11 heteroatoms. The van der Waals surface area contributed by atoms with Gasteiger partial charge in [-0.15, -0.1) is 0 Å². The zero-order valence-electron chi connectivity index (χ0n) is 14.7. The predicted molar refractivity (Wildman–Crippen MR) is 85.1 cm³/mol. The first-order valence-corrected chi connectivity index (χ1v) is 8.30. The van der Waals surface area contributed by atoms with Crippen molar-refractivity contribution in [2.24, 2.45) is 5.92 Å². The van der Waals surface area contributed by atoms with E-state index in [2.05, 4.69) is 15.0 Å². The summed E-state index contributed by atoms with van der Waals surface area (Å²) in [6, 6.07) is -0.365. The molecule has 0 unspecified atom stereocenters. The van der Waals surface area contributed by atoms with Crippen LogP contribution >= 0.6 is 0 Å². The SMILES string of the molecule is CC.O=C(NCc1ccnc(OCC(F)(F)F)c1)N[C@H](C1CC1)C(F)(F)F. The lowest BCUT2D eigenvalue weighted by Gasteiger charge is -2.21. The fourth-order valence-electron chi connectivity index (χ4n) is 2.07. The molecule has 1 aliphatic carbocycles. The number of urea groups is 1. The van der Waals surface area contributed by atoms with E-state index >= 15 is 0 Å². The maximum atomic E-state index is 12.8. The minimum atomic E-state index is -4.53. The van der Waals surface area contributed by atoms with Crippen molar-refractivity contribution in [1.29, 1.82) is 0 Å². The Bertz CT molecular complexity index is 603. The molecule has 5 nitrogen and oxygen atoms in total. The van der Waals surface area contributed by atoms with Crippen LogP contribution in [0, 0.1) is 5.92 Å². The van der Waals surface area contributed by atoms with Crippen molar-refractivity contribution < 1.29 is 35.9 Å². The number of alkyl halides is 6. The molecule has 0 aromatic carbocycles. The molecule has 2 amide bonds. The number of amides is 2. The van der Waals surface area contributed by atoms with Crippen molar-refractivity contribution >= 4 is 6.03 Å². The van der Waals surface area contributed by atoms with Crippen LogP contribution in [0.3, 0.4) is 0 Å². The summed E-state index contributed by atoms with van der Waals surface area (Å²) in [5.41, 5.74) is 0.331. The van der Waals surface area contributed by atoms with Gasteiger partial charge < -0.3 is 15.4 Å². The molecule has 1 saturated carbocycles. The molecule has 1 heterocycles. The Kier molecular flexibility index (Phi) is 8.17. The topological polar surface area (TPSA) is 63.2 Å². The Morgan fingerprint density at radius 2 is 1.89 bits per heavy atom. The first-order chi connectivity index (χ1) is 12.5. The zero-order valence-corrected chi connectivity index (χ0v) is 14.7. The second kappa shape index (κ2) is 9.65. The lowest BCUT2D eigenvalue weighted by molar-refractivity contribution is -0.157. The van der Waals surface area contributed by atoms with Gasteiger partial charge in [0, 0.05) is 18.8 Å². The Morgan fingerprint density at radius 1 is 1.26 bits per heavy atom. The average molecular weight is 401 g/mol. The summed E-state index contributed by atoms with van der Waals surface area (Å²) in [5.74, 6) is -0.919. The standard InChI is InChI=1S/C14H15F6N3O2.C2H6/c15-13(16,17)7-25-10-5-8(3-4-21-10)6-22-12(24)23-11(9-1-2-9)14(18,19)20;1-2/h3-5,9,11H,1-2,6-7H2,(H2,22,23,24);1-2H3/t11-;/m1./s1. The molecule has 2 N–H and O–H groups in total. The van der Waals surface area contributed by atoms with E-state index in [-0.39, 0.29) is 12.4 Å². The Balaban J connectivity index is 0.00000176. The van der Waals surface area contributed by atoms with Crippen molar-refractivity contribution in [3.05, 3.63) is 23.9 Å². The second-order valence-corrected chi connectivity index (χ2v) is 5.59. The van der Waals surface area contributed by atoms with E-state index in [1.165, 1.54) is 12.3 Å². The Morgan fingerprint density at radius 3 is 2.41 bits per heavy atom. The van der Waals surface area contributed by atoms with E-state index in [1.54, 1.807) is 0 Å². The number of hydrogen-bond donors (Lipinski definition) is 2. The van der Waals surface area contributed by atoms with Crippen LogP contribution in [-0.4, -0.2) is 36.0 Å². The van der Waals surface area contributed by atoms with Gasteiger partial charge in [-0.1, -0.05) is 13.8 Å². The minimum Gasteiger partial charge on any atom is -0.468 e. The van der Waals surface area contributed by atoms with Crippen molar-refractivity contribution in [2.45, 2.75) is 51.6 Å². The molecular formula is C16H21F6N3O2. The predicted octanol–water partition coefficient (Wildman–Crippen LogP) is 4.19. The largest absolute Gasteiger partial charge is 0.468 e. The van der Waals surface area contributed by atoms with Gasteiger partial charge in [-0.05, 0) is 30.4 Å². The van der Waals surface area contributed by atoms with Gasteiger partial charge in [0.25, 0.3) is 0 Å². The van der Waals surface area contributed by atoms with Crippen LogP contribution in [0.4, 0.5) is 31.1 Å². The molecule has 1 aromatic rings. The van der Waals surface area contributed by atoms with Crippen molar-refractivity contribution in [3.8, 4) is 5.88 Å². The van der Waals surface area contributed by atoms with E-state index in [9.17, 15) is 31.1 Å². The number of carbonyl (C=O) groups is 1. The molecule has 0 saturated heterocycles. The number of pyridine rings is 1. The van der Waals surface area contributed by atoms with E-state index in [1.807, 2.05) is 19.2 Å². The number of ether oxygens (including phenoxy) is 1. The smallest absolute Gasteiger partial charge is 0.422 e. The second-order valence-electron chi connectivity index (χ2n) is 5.59. The number of rotatable bonds is 6. The van der Waals surface area contributed by atoms with Crippen LogP contribution in [0.1, 0.15) is 32.3 Å². The van der Waals surface area contributed by atoms with Crippen molar-refractivity contribution in [1.82, 2.24) is 15.6 Å². The Labute approximate surface area is 152 Å². The fourth-order valence-corrected chi connectivity index (χ4v) is 2.07. The van der Waals surface area contributed by atoms with Gasteiger partial charge in [-0.3, -0.25) is 0 Å². The van der Waals surface area contributed by atoms with E-state index in [4.69, 9.17) is 0 Å². The highest BCUT2D eigenvalue weighted by atomic mass is 19.4. The summed E-state index contributed by atoms with van der Waals surface area (Å²) in [4.78, 5) is 15.2. The minimum absolute atomic E-state index is 0.189. The summed E-state index contributed by atoms with van der Waals surface area (Å²) in [5, 5.41) is 4.11. The van der Waals surface area contributed by atoms with Crippen LogP contribution in [-0.2, 0) is 6.54 Å². The van der Waals surface area contributed by atoms with Gasteiger partial charge >= 0.3 is 18.4 Å². The van der Waals surface area contributed by atoms with Crippen LogP contribution in [0.5, 0.6) is 5.88 Å². The zero-order chi connectivity index (χ0) is 20.7. The third-order valence-corrected chi connectivity index (χ3v) is 3.37. The van der Waals surface area contributed by atoms with Crippen molar-refractivity contribution in [2.75, 3.05) is 6.61 Å². The number of carbonyl (C=O) groups excluding carboxylic acids is 1. The molecule has 27 heavy (non-hydrogen) atoms. The number of halogens is 6. The highest BCUT2D eigenvalue weighted by Crippen LogP contribution is 2.40. The molecule has 1 atom stereocenters. The maximum Gasteiger partial charge on any atom is 0.422 e.